The van der Waals surface area contributed by atoms with Crippen molar-refractivity contribution in [2.24, 2.45) is 16.8 Å². The number of likely N-dealkylation sites (tertiary alicyclic amines) is 2. The SMILES string of the molecule is CCNC(=NCC(C)N1CCC(C)CC1)N1CCC(CC(=O)NC)CC1.I. The molecule has 6 nitrogen and oxygen atoms in total. The van der Waals surface area contributed by atoms with Crippen molar-refractivity contribution in [3.63, 3.8) is 0 Å². The molecule has 158 valence electrons. The number of hydrogen-bond donors (Lipinski definition) is 2. The number of aliphatic imine (C=N–C) groups is 1. The molecule has 27 heavy (non-hydrogen) atoms. The minimum Gasteiger partial charge on any atom is -0.359 e. The Morgan fingerprint density at radius 1 is 1.15 bits per heavy atom. The molecule has 0 aromatic rings. The second kappa shape index (κ2) is 12.8. The van der Waals surface area contributed by atoms with Gasteiger partial charge in [0, 0.05) is 39.1 Å². The molecule has 2 saturated heterocycles. The first-order valence-electron chi connectivity index (χ1n) is 10.5. The number of nitrogens with zero attached hydrogens (tertiary/aromatic N) is 3. The van der Waals surface area contributed by atoms with E-state index >= 15 is 0 Å². The Hall–Kier alpha value is -0.570. The number of piperidine rings is 2. The fraction of sp³-hybridized carbons (Fsp3) is 0.900. The van der Waals surface area contributed by atoms with Gasteiger partial charge in [-0.3, -0.25) is 14.7 Å². The van der Waals surface area contributed by atoms with Crippen LogP contribution in [0.5, 0.6) is 0 Å². The van der Waals surface area contributed by atoms with Crippen LogP contribution in [0.25, 0.3) is 0 Å². The van der Waals surface area contributed by atoms with Gasteiger partial charge in [0.15, 0.2) is 5.96 Å². The molecule has 7 heteroatoms. The van der Waals surface area contributed by atoms with E-state index in [-0.39, 0.29) is 29.9 Å². The number of carbonyl (C=O) groups excluding carboxylic acids is 1. The zero-order chi connectivity index (χ0) is 18.9. The molecule has 0 aliphatic carbocycles. The lowest BCUT2D eigenvalue weighted by Crippen LogP contribution is -2.47. The zero-order valence-corrected chi connectivity index (χ0v) is 20.0. The predicted octanol–water partition coefficient (Wildman–Crippen LogP) is 2.54. The van der Waals surface area contributed by atoms with Crippen LogP contribution < -0.4 is 10.6 Å². The number of carbonyl (C=O) groups is 1. The van der Waals surface area contributed by atoms with Gasteiger partial charge in [-0.15, -0.1) is 24.0 Å². The normalized spacial score (nSPS) is 21.5. The fourth-order valence-electron chi connectivity index (χ4n) is 3.94. The van der Waals surface area contributed by atoms with E-state index in [1.807, 2.05) is 0 Å². The van der Waals surface area contributed by atoms with E-state index in [0.29, 0.717) is 18.4 Å². The molecular weight excluding hydrogens is 453 g/mol. The smallest absolute Gasteiger partial charge is 0.220 e. The summed E-state index contributed by atoms with van der Waals surface area (Å²) < 4.78 is 0. The molecular formula is C20H40IN5O. The number of hydrogen-bond acceptors (Lipinski definition) is 3. The highest BCUT2D eigenvalue weighted by Gasteiger charge is 2.24. The van der Waals surface area contributed by atoms with Crippen molar-refractivity contribution in [2.75, 3.05) is 46.3 Å². The van der Waals surface area contributed by atoms with Gasteiger partial charge < -0.3 is 15.5 Å². The Balaban J connectivity index is 0.00000364. The molecule has 0 bridgehead atoms. The summed E-state index contributed by atoms with van der Waals surface area (Å²) >= 11 is 0. The van der Waals surface area contributed by atoms with Crippen molar-refractivity contribution in [1.29, 1.82) is 0 Å². The Morgan fingerprint density at radius 3 is 2.33 bits per heavy atom. The minimum atomic E-state index is 0. The van der Waals surface area contributed by atoms with Crippen molar-refractivity contribution < 1.29 is 4.79 Å². The second-order valence-electron chi connectivity index (χ2n) is 8.07. The molecule has 0 aromatic carbocycles. The molecule has 2 aliphatic heterocycles. The molecule has 2 N–H and O–H groups in total. The summed E-state index contributed by atoms with van der Waals surface area (Å²) in [6.45, 7) is 12.9. The van der Waals surface area contributed by atoms with Crippen LogP contribution in [0.2, 0.25) is 0 Å². The molecule has 1 atom stereocenters. The summed E-state index contributed by atoms with van der Waals surface area (Å²) in [6, 6.07) is 0.502. The summed E-state index contributed by atoms with van der Waals surface area (Å²) in [4.78, 5) is 21.5. The Bertz CT molecular complexity index is 457. The molecule has 1 amide bonds. The summed E-state index contributed by atoms with van der Waals surface area (Å²) in [7, 11) is 1.72. The lowest BCUT2D eigenvalue weighted by molar-refractivity contribution is -0.121. The third-order valence-electron chi connectivity index (χ3n) is 5.95. The molecule has 0 radical (unpaired) electrons. The van der Waals surface area contributed by atoms with Gasteiger partial charge in [0.2, 0.25) is 5.91 Å². The lowest BCUT2D eigenvalue weighted by atomic mass is 9.93. The zero-order valence-electron chi connectivity index (χ0n) is 17.7. The molecule has 0 spiro atoms. The van der Waals surface area contributed by atoms with Gasteiger partial charge in [0.05, 0.1) is 6.54 Å². The van der Waals surface area contributed by atoms with Gasteiger partial charge >= 0.3 is 0 Å². The Labute approximate surface area is 182 Å². The van der Waals surface area contributed by atoms with Gasteiger partial charge in [0.1, 0.15) is 0 Å². The van der Waals surface area contributed by atoms with Crippen LogP contribution in [0.4, 0.5) is 0 Å². The van der Waals surface area contributed by atoms with Crippen molar-refractivity contribution in [3.05, 3.63) is 0 Å². The third kappa shape index (κ3) is 8.13. The topological polar surface area (TPSA) is 60.0 Å². The van der Waals surface area contributed by atoms with E-state index < -0.39 is 0 Å². The first-order chi connectivity index (χ1) is 12.5. The third-order valence-corrected chi connectivity index (χ3v) is 5.95. The van der Waals surface area contributed by atoms with E-state index in [9.17, 15) is 4.79 Å². The number of amides is 1. The van der Waals surface area contributed by atoms with E-state index in [0.717, 1.165) is 50.9 Å². The first kappa shape index (κ1) is 24.5. The molecule has 0 saturated carbocycles. The monoisotopic (exact) mass is 493 g/mol. The number of nitrogens with one attached hydrogen (secondary N) is 2. The van der Waals surface area contributed by atoms with Gasteiger partial charge in [-0.1, -0.05) is 6.92 Å². The van der Waals surface area contributed by atoms with Gasteiger partial charge in [-0.2, -0.15) is 0 Å². The number of rotatable bonds is 6. The Kier molecular flexibility index (Phi) is 11.6. The number of guanidine groups is 1. The summed E-state index contributed by atoms with van der Waals surface area (Å²) in [5.41, 5.74) is 0. The van der Waals surface area contributed by atoms with Crippen LogP contribution in [0.1, 0.15) is 52.9 Å². The maximum Gasteiger partial charge on any atom is 0.220 e. The van der Waals surface area contributed by atoms with Gasteiger partial charge in [-0.25, -0.2) is 0 Å². The highest BCUT2D eigenvalue weighted by molar-refractivity contribution is 14.0. The summed E-state index contributed by atoms with van der Waals surface area (Å²) in [5.74, 6) is 2.58. The predicted molar refractivity (Wildman–Crippen MR) is 124 cm³/mol. The average Bonchev–Trinajstić information content (AvgIpc) is 2.66. The van der Waals surface area contributed by atoms with E-state index in [1.165, 1.54) is 25.9 Å². The van der Waals surface area contributed by atoms with E-state index in [1.54, 1.807) is 7.05 Å². The summed E-state index contributed by atoms with van der Waals surface area (Å²) in [6.07, 6.45) is 5.41. The molecule has 1 unspecified atom stereocenters. The second-order valence-corrected chi connectivity index (χ2v) is 8.07. The van der Waals surface area contributed by atoms with Crippen LogP contribution in [-0.2, 0) is 4.79 Å². The van der Waals surface area contributed by atoms with E-state index in [2.05, 4.69) is 41.2 Å². The van der Waals surface area contributed by atoms with Crippen LogP contribution in [0.15, 0.2) is 4.99 Å². The van der Waals surface area contributed by atoms with Crippen LogP contribution >= 0.6 is 24.0 Å². The standard InChI is InChI=1S/C20H39N5O.HI/c1-5-22-20(23-15-17(3)24-10-6-16(2)7-11-24)25-12-8-18(9-13-25)14-19(26)21-4;/h16-18H,5-15H2,1-4H3,(H,21,26)(H,22,23);1H. The highest BCUT2D eigenvalue weighted by Crippen LogP contribution is 2.21. The van der Waals surface area contributed by atoms with Crippen molar-refractivity contribution in [3.8, 4) is 0 Å². The molecule has 2 rings (SSSR count). The number of halogens is 1. The van der Waals surface area contributed by atoms with Crippen molar-refractivity contribution in [1.82, 2.24) is 20.4 Å². The first-order valence-corrected chi connectivity index (χ1v) is 10.5. The van der Waals surface area contributed by atoms with E-state index in [4.69, 9.17) is 4.99 Å². The van der Waals surface area contributed by atoms with Crippen LogP contribution in [0.3, 0.4) is 0 Å². The summed E-state index contributed by atoms with van der Waals surface area (Å²) in [5, 5.41) is 6.20. The van der Waals surface area contributed by atoms with Crippen molar-refractivity contribution in [2.45, 2.75) is 58.9 Å². The quantitative estimate of drug-likeness (QED) is 0.339. The fourth-order valence-corrected chi connectivity index (χ4v) is 3.94. The van der Waals surface area contributed by atoms with Crippen LogP contribution in [0, 0.1) is 11.8 Å². The van der Waals surface area contributed by atoms with Gasteiger partial charge in [0.25, 0.3) is 0 Å². The lowest BCUT2D eigenvalue weighted by Gasteiger charge is -2.36. The maximum atomic E-state index is 11.6. The van der Waals surface area contributed by atoms with Crippen LogP contribution in [-0.4, -0.2) is 74.0 Å². The highest BCUT2D eigenvalue weighted by atomic mass is 127. The minimum absolute atomic E-state index is 0. The van der Waals surface area contributed by atoms with Gasteiger partial charge in [-0.05, 0) is 64.5 Å². The largest absolute Gasteiger partial charge is 0.359 e. The average molecular weight is 493 g/mol. The molecule has 2 fully saturated rings. The maximum absolute atomic E-state index is 11.6. The molecule has 2 aliphatic rings. The van der Waals surface area contributed by atoms with Crippen molar-refractivity contribution >= 4 is 35.8 Å². The molecule has 2 heterocycles. The molecule has 0 aromatic heterocycles. The Morgan fingerprint density at radius 2 is 1.78 bits per heavy atom.